The molecule has 5 heteroatoms. The van der Waals surface area contributed by atoms with Gasteiger partial charge in [0.2, 0.25) is 5.91 Å². The van der Waals surface area contributed by atoms with Gasteiger partial charge in [-0.3, -0.25) is 9.59 Å². The van der Waals surface area contributed by atoms with E-state index in [1.807, 2.05) is 17.9 Å². The molecule has 2 saturated carbocycles. The van der Waals surface area contributed by atoms with Gasteiger partial charge in [-0.15, -0.1) is 0 Å². The predicted octanol–water partition coefficient (Wildman–Crippen LogP) is 5.77. The second kappa shape index (κ2) is 9.54. The number of ether oxygens (including phenoxy) is 1. The summed E-state index contributed by atoms with van der Waals surface area (Å²) in [6.07, 6.45) is 11.5. The van der Waals surface area contributed by atoms with E-state index in [0.717, 1.165) is 77.3 Å². The van der Waals surface area contributed by atoms with Crippen molar-refractivity contribution in [3.05, 3.63) is 23.3 Å². The van der Waals surface area contributed by atoms with E-state index in [2.05, 4.69) is 13.0 Å². The number of amides is 1. The summed E-state index contributed by atoms with van der Waals surface area (Å²) in [6.45, 7) is 6.06. The number of aromatic hydroxyl groups is 1. The average Bonchev–Trinajstić information content (AvgIpc) is 3.14. The van der Waals surface area contributed by atoms with Crippen LogP contribution in [0.2, 0.25) is 0 Å². The minimum atomic E-state index is -0.116. The highest BCUT2D eigenvalue weighted by Gasteiger charge is 2.54. The maximum atomic E-state index is 12.6. The minimum Gasteiger partial charge on any atom is -0.504 e. The number of carbonyl (C=O) groups is 2. The Morgan fingerprint density at radius 3 is 2.76 bits per heavy atom. The molecule has 1 N–H and O–H groups in total. The number of benzene rings is 1. The van der Waals surface area contributed by atoms with Gasteiger partial charge in [-0.05, 0) is 112 Å². The molecule has 0 aromatic heterocycles. The summed E-state index contributed by atoms with van der Waals surface area (Å²) in [5.41, 5.74) is 2.46. The van der Waals surface area contributed by atoms with E-state index in [0.29, 0.717) is 35.7 Å². The maximum Gasteiger partial charge on any atom is 0.222 e. The van der Waals surface area contributed by atoms with Crippen molar-refractivity contribution in [3.8, 4) is 11.5 Å². The second-order valence-electron chi connectivity index (χ2n) is 11.6. The monoisotopic (exact) mass is 467 g/mol. The van der Waals surface area contributed by atoms with Gasteiger partial charge >= 0.3 is 0 Å². The lowest BCUT2D eigenvalue weighted by atomic mass is 9.55. The molecule has 1 aromatic rings. The van der Waals surface area contributed by atoms with Crippen LogP contribution in [-0.4, -0.2) is 40.9 Å². The van der Waals surface area contributed by atoms with E-state index in [1.54, 1.807) is 0 Å². The number of nitrogens with zero attached hydrogens (tertiary/aromatic N) is 1. The number of carbonyl (C=O) groups excluding carboxylic acids is 2. The standard InChI is InChI=1S/C29H41NO4/c1-19(7-6-8-28(33)30-15-4-3-5-16-30)34-26-18-23-20(17-25(26)31)9-10-22-21(23)13-14-29(2)24(22)11-12-27(29)32/h17-19,21-22,24,31H,3-16H2,1-2H3/t19?,21-,22+,24-,29-/m0/s1. The Morgan fingerprint density at radius 2 is 1.97 bits per heavy atom. The number of phenols is 1. The van der Waals surface area contributed by atoms with Crippen LogP contribution in [0.25, 0.3) is 0 Å². The van der Waals surface area contributed by atoms with Crippen LogP contribution in [0, 0.1) is 17.3 Å². The summed E-state index contributed by atoms with van der Waals surface area (Å²) in [7, 11) is 0. The lowest BCUT2D eigenvalue weighted by Crippen LogP contribution is -2.42. The quantitative estimate of drug-likeness (QED) is 0.577. The summed E-state index contributed by atoms with van der Waals surface area (Å²) >= 11 is 0. The molecule has 1 aliphatic heterocycles. The van der Waals surface area contributed by atoms with Gasteiger partial charge in [0.05, 0.1) is 6.10 Å². The summed E-state index contributed by atoms with van der Waals surface area (Å²) in [5, 5.41) is 10.7. The van der Waals surface area contributed by atoms with Crippen molar-refractivity contribution in [2.75, 3.05) is 13.1 Å². The van der Waals surface area contributed by atoms with Crippen LogP contribution in [0.5, 0.6) is 11.5 Å². The molecule has 1 aromatic carbocycles. The first-order chi connectivity index (χ1) is 16.4. The molecular formula is C29H41NO4. The van der Waals surface area contributed by atoms with E-state index in [-0.39, 0.29) is 23.2 Å². The molecule has 5 rings (SSSR count). The van der Waals surface area contributed by atoms with Gasteiger partial charge in [0, 0.05) is 31.3 Å². The Balaban J connectivity index is 1.22. The van der Waals surface area contributed by atoms with Gasteiger partial charge in [-0.2, -0.15) is 0 Å². The van der Waals surface area contributed by atoms with Crippen molar-refractivity contribution in [1.29, 1.82) is 0 Å². The zero-order valence-electron chi connectivity index (χ0n) is 21.0. The second-order valence-corrected chi connectivity index (χ2v) is 11.6. The summed E-state index contributed by atoms with van der Waals surface area (Å²) in [6, 6.07) is 4.01. The van der Waals surface area contributed by atoms with E-state index < -0.39 is 0 Å². The highest BCUT2D eigenvalue weighted by molar-refractivity contribution is 5.87. The zero-order chi connectivity index (χ0) is 23.9. The number of rotatable bonds is 6. The van der Waals surface area contributed by atoms with Crippen molar-refractivity contribution < 1.29 is 19.4 Å². The van der Waals surface area contributed by atoms with Crippen molar-refractivity contribution in [2.45, 2.75) is 103 Å². The fourth-order valence-electron chi connectivity index (χ4n) is 7.57. The van der Waals surface area contributed by atoms with Crippen LogP contribution in [0.15, 0.2) is 12.1 Å². The number of Topliss-reactive ketones (excluding diaryl/α,β-unsaturated/α-hetero) is 1. The first-order valence-electron chi connectivity index (χ1n) is 13.7. The number of likely N-dealkylation sites (tertiary alicyclic amines) is 1. The number of hydrogen-bond acceptors (Lipinski definition) is 4. The Kier molecular flexibility index (Phi) is 6.65. The minimum absolute atomic E-state index is 0.0559. The van der Waals surface area contributed by atoms with Crippen LogP contribution in [-0.2, 0) is 16.0 Å². The molecule has 34 heavy (non-hydrogen) atoms. The summed E-state index contributed by atoms with van der Waals surface area (Å²) in [5.74, 6) is 3.08. The molecular weight excluding hydrogens is 426 g/mol. The molecule has 0 radical (unpaired) electrons. The van der Waals surface area contributed by atoms with Gasteiger partial charge in [0.15, 0.2) is 11.5 Å². The molecule has 186 valence electrons. The van der Waals surface area contributed by atoms with Gasteiger partial charge in [0.1, 0.15) is 5.78 Å². The normalized spacial score (nSPS) is 31.4. The largest absolute Gasteiger partial charge is 0.504 e. The average molecular weight is 468 g/mol. The number of aryl methyl sites for hydroxylation is 1. The number of fused-ring (bicyclic) bond motifs is 5. The topological polar surface area (TPSA) is 66.8 Å². The fraction of sp³-hybridized carbons (Fsp3) is 0.724. The first kappa shape index (κ1) is 23.7. The fourth-order valence-corrected chi connectivity index (χ4v) is 7.57. The summed E-state index contributed by atoms with van der Waals surface area (Å²) in [4.78, 5) is 27.1. The van der Waals surface area contributed by atoms with Crippen LogP contribution in [0.1, 0.15) is 102 Å². The van der Waals surface area contributed by atoms with Crippen molar-refractivity contribution >= 4 is 11.7 Å². The molecule has 1 unspecified atom stereocenters. The zero-order valence-corrected chi connectivity index (χ0v) is 21.0. The number of hydrogen-bond donors (Lipinski definition) is 1. The highest BCUT2D eigenvalue weighted by Crippen LogP contribution is 2.60. The van der Waals surface area contributed by atoms with Crippen LogP contribution < -0.4 is 4.74 Å². The third kappa shape index (κ3) is 4.35. The van der Waals surface area contributed by atoms with Crippen molar-refractivity contribution in [3.63, 3.8) is 0 Å². The van der Waals surface area contributed by atoms with E-state index in [9.17, 15) is 14.7 Å². The van der Waals surface area contributed by atoms with Gasteiger partial charge in [-0.1, -0.05) is 6.92 Å². The molecule has 0 bridgehead atoms. The van der Waals surface area contributed by atoms with E-state index in [1.165, 1.54) is 17.5 Å². The maximum absolute atomic E-state index is 12.6. The molecule has 5 atom stereocenters. The Morgan fingerprint density at radius 1 is 1.18 bits per heavy atom. The molecule has 1 amide bonds. The Hall–Kier alpha value is -2.04. The van der Waals surface area contributed by atoms with E-state index in [4.69, 9.17) is 4.74 Å². The molecule has 4 aliphatic rings. The highest BCUT2D eigenvalue weighted by atomic mass is 16.5. The third-order valence-corrected chi connectivity index (χ3v) is 9.55. The number of ketones is 1. The summed E-state index contributed by atoms with van der Waals surface area (Å²) < 4.78 is 6.21. The number of phenolic OH excluding ortho intramolecular Hbond substituents is 1. The molecule has 1 heterocycles. The molecule has 0 spiro atoms. The molecule has 3 aliphatic carbocycles. The predicted molar refractivity (Wildman–Crippen MR) is 132 cm³/mol. The smallest absolute Gasteiger partial charge is 0.222 e. The molecule has 1 saturated heterocycles. The van der Waals surface area contributed by atoms with Crippen molar-refractivity contribution in [2.24, 2.45) is 17.3 Å². The van der Waals surface area contributed by atoms with Crippen molar-refractivity contribution in [1.82, 2.24) is 4.90 Å². The molecule has 3 fully saturated rings. The third-order valence-electron chi connectivity index (χ3n) is 9.55. The van der Waals surface area contributed by atoms with Gasteiger partial charge in [-0.25, -0.2) is 0 Å². The molecule has 5 nitrogen and oxygen atoms in total. The lowest BCUT2D eigenvalue weighted by Gasteiger charge is -2.48. The first-order valence-corrected chi connectivity index (χ1v) is 13.7. The van der Waals surface area contributed by atoms with Gasteiger partial charge < -0.3 is 14.7 Å². The number of piperidine rings is 1. The van der Waals surface area contributed by atoms with Crippen LogP contribution >= 0.6 is 0 Å². The van der Waals surface area contributed by atoms with E-state index >= 15 is 0 Å². The Labute approximate surface area is 204 Å². The lowest BCUT2D eigenvalue weighted by molar-refractivity contribution is -0.132. The van der Waals surface area contributed by atoms with Gasteiger partial charge in [0.25, 0.3) is 0 Å². The van der Waals surface area contributed by atoms with Crippen LogP contribution in [0.3, 0.4) is 0 Å². The van der Waals surface area contributed by atoms with Crippen LogP contribution in [0.4, 0.5) is 0 Å². The Bertz CT molecular complexity index is 936. The SMILES string of the molecule is CC(CCCC(=O)N1CCCCC1)Oc1cc2c(cc1O)CC[C@@H]1[C@@H]2CC[C@]2(C)C(=O)CC[C@@H]12.